The second kappa shape index (κ2) is 6.24. The third-order valence-electron chi connectivity index (χ3n) is 2.95. The summed E-state index contributed by atoms with van der Waals surface area (Å²) in [6.45, 7) is 9.80. The highest BCUT2D eigenvalue weighted by molar-refractivity contribution is 5.95. The number of benzene rings is 1. The van der Waals surface area contributed by atoms with E-state index in [1.54, 1.807) is 4.90 Å². The van der Waals surface area contributed by atoms with Crippen molar-refractivity contribution in [3.8, 4) is 0 Å². The maximum absolute atomic E-state index is 12.3. The molecule has 0 aromatic heterocycles. The van der Waals surface area contributed by atoms with E-state index in [4.69, 9.17) is 0 Å². The Labute approximate surface area is 109 Å². The number of aliphatic hydroxyl groups excluding tert-OH is 1. The Morgan fingerprint density at radius 1 is 1.44 bits per heavy atom. The first-order valence-corrected chi connectivity index (χ1v) is 6.21. The molecule has 0 aliphatic rings. The van der Waals surface area contributed by atoms with Gasteiger partial charge >= 0.3 is 0 Å². The molecule has 0 aliphatic heterocycles. The number of hydrogen-bond donors (Lipinski definition) is 1. The third-order valence-corrected chi connectivity index (χ3v) is 2.95. The van der Waals surface area contributed by atoms with Crippen LogP contribution in [0.5, 0.6) is 0 Å². The molecule has 0 heterocycles. The van der Waals surface area contributed by atoms with E-state index in [1.807, 2.05) is 45.0 Å². The van der Waals surface area contributed by atoms with Crippen LogP contribution in [0.25, 0.3) is 0 Å². The summed E-state index contributed by atoms with van der Waals surface area (Å²) < 4.78 is 0. The largest absolute Gasteiger partial charge is 0.513 e. The maximum atomic E-state index is 12.3. The van der Waals surface area contributed by atoms with Crippen LogP contribution in [0.1, 0.15) is 25.8 Å². The Kier molecular flexibility index (Phi) is 4.95. The van der Waals surface area contributed by atoms with Crippen LogP contribution >= 0.6 is 0 Å². The van der Waals surface area contributed by atoms with Gasteiger partial charge in [0.2, 0.25) is 5.91 Å². The van der Waals surface area contributed by atoms with E-state index in [0.717, 1.165) is 11.3 Å². The number of rotatable bonds is 5. The number of hydrogen-bond acceptors (Lipinski definition) is 2. The molecule has 3 heteroatoms. The minimum atomic E-state index is -0.262. The van der Waals surface area contributed by atoms with E-state index < -0.39 is 0 Å². The summed E-state index contributed by atoms with van der Waals surface area (Å²) in [5.74, 6) is -0.194. The van der Waals surface area contributed by atoms with Crippen molar-refractivity contribution in [2.45, 2.75) is 27.2 Å². The lowest BCUT2D eigenvalue weighted by molar-refractivity contribution is -0.122. The summed E-state index contributed by atoms with van der Waals surface area (Å²) in [4.78, 5) is 14.1. The first kappa shape index (κ1) is 14.3. The molecule has 0 aliphatic carbocycles. The van der Waals surface area contributed by atoms with Gasteiger partial charge in [-0.15, -0.1) is 0 Å². The molecule has 0 spiro atoms. The summed E-state index contributed by atoms with van der Waals surface area (Å²) in [7, 11) is 0. The van der Waals surface area contributed by atoms with Crippen LogP contribution in [0.3, 0.4) is 0 Å². The SMILES string of the molecule is C=C(O)CC(C)C(=O)N(CC)c1ccccc1C. The van der Waals surface area contributed by atoms with Gasteiger partial charge in [-0.05, 0) is 25.5 Å². The molecule has 0 saturated carbocycles. The van der Waals surface area contributed by atoms with Crippen molar-refractivity contribution < 1.29 is 9.90 Å². The van der Waals surface area contributed by atoms with Crippen LogP contribution in [0, 0.1) is 12.8 Å². The van der Waals surface area contributed by atoms with Crippen molar-refractivity contribution in [2.24, 2.45) is 5.92 Å². The molecule has 1 atom stereocenters. The predicted molar refractivity (Wildman–Crippen MR) is 74.8 cm³/mol. The fraction of sp³-hybridized carbons (Fsp3) is 0.400. The molecule has 1 unspecified atom stereocenters. The Hall–Kier alpha value is -1.77. The minimum absolute atomic E-state index is 0.0157. The molecular weight excluding hydrogens is 226 g/mol. The molecule has 1 rings (SSSR count). The molecule has 0 saturated heterocycles. The summed E-state index contributed by atoms with van der Waals surface area (Å²) in [6.07, 6.45) is 0.307. The Bertz CT molecular complexity index is 440. The Balaban J connectivity index is 2.93. The average molecular weight is 247 g/mol. The van der Waals surface area contributed by atoms with Crippen LogP contribution in [0.2, 0.25) is 0 Å². The third kappa shape index (κ3) is 3.36. The van der Waals surface area contributed by atoms with E-state index in [0.29, 0.717) is 13.0 Å². The summed E-state index contributed by atoms with van der Waals surface area (Å²) in [5, 5.41) is 9.19. The lowest BCUT2D eigenvalue weighted by Crippen LogP contribution is -2.35. The van der Waals surface area contributed by atoms with Gasteiger partial charge in [0.15, 0.2) is 0 Å². The van der Waals surface area contributed by atoms with Gasteiger partial charge in [0.05, 0.1) is 5.76 Å². The normalized spacial score (nSPS) is 11.9. The molecule has 3 nitrogen and oxygen atoms in total. The second-order valence-electron chi connectivity index (χ2n) is 4.54. The Morgan fingerprint density at radius 3 is 2.56 bits per heavy atom. The number of para-hydroxylation sites is 1. The molecule has 1 aromatic rings. The molecule has 0 fully saturated rings. The van der Waals surface area contributed by atoms with Crippen molar-refractivity contribution in [2.75, 3.05) is 11.4 Å². The molecule has 1 aromatic carbocycles. The van der Waals surface area contributed by atoms with Gasteiger partial charge in [-0.3, -0.25) is 4.79 Å². The summed E-state index contributed by atoms with van der Waals surface area (Å²) >= 11 is 0. The van der Waals surface area contributed by atoms with Crippen LogP contribution in [0.4, 0.5) is 5.69 Å². The van der Waals surface area contributed by atoms with Gasteiger partial charge in [0.25, 0.3) is 0 Å². The minimum Gasteiger partial charge on any atom is -0.513 e. The zero-order valence-corrected chi connectivity index (χ0v) is 11.3. The van der Waals surface area contributed by atoms with E-state index in [1.165, 1.54) is 0 Å². The van der Waals surface area contributed by atoms with Crippen molar-refractivity contribution in [1.29, 1.82) is 0 Å². The van der Waals surface area contributed by atoms with Gasteiger partial charge < -0.3 is 10.0 Å². The van der Waals surface area contributed by atoms with E-state index >= 15 is 0 Å². The topological polar surface area (TPSA) is 40.5 Å². The summed E-state index contributed by atoms with van der Waals surface area (Å²) in [5.41, 5.74) is 2.00. The highest BCUT2D eigenvalue weighted by atomic mass is 16.3. The smallest absolute Gasteiger partial charge is 0.230 e. The average Bonchev–Trinajstić information content (AvgIpc) is 2.31. The maximum Gasteiger partial charge on any atom is 0.230 e. The van der Waals surface area contributed by atoms with Gasteiger partial charge in [-0.1, -0.05) is 31.7 Å². The van der Waals surface area contributed by atoms with Crippen molar-refractivity contribution in [3.05, 3.63) is 42.2 Å². The first-order valence-electron chi connectivity index (χ1n) is 6.21. The highest BCUT2D eigenvalue weighted by Gasteiger charge is 2.22. The number of nitrogens with zero attached hydrogens (tertiary/aromatic N) is 1. The van der Waals surface area contributed by atoms with Crippen molar-refractivity contribution in [3.63, 3.8) is 0 Å². The zero-order chi connectivity index (χ0) is 13.7. The molecule has 98 valence electrons. The van der Waals surface area contributed by atoms with E-state index in [9.17, 15) is 9.90 Å². The van der Waals surface area contributed by atoms with Crippen molar-refractivity contribution in [1.82, 2.24) is 0 Å². The lowest BCUT2D eigenvalue weighted by Gasteiger charge is -2.26. The van der Waals surface area contributed by atoms with Gasteiger partial charge in [0.1, 0.15) is 0 Å². The van der Waals surface area contributed by atoms with Crippen LogP contribution in [-0.2, 0) is 4.79 Å². The molecule has 1 N–H and O–H groups in total. The highest BCUT2D eigenvalue weighted by Crippen LogP contribution is 2.22. The van der Waals surface area contributed by atoms with E-state index in [-0.39, 0.29) is 17.6 Å². The number of carbonyl (C=O) groups is 1. The molecule has 1 amide bonds. The molecule has 0 radical (unpaired) electrons. The lowest BCUT2D eigenvalue weighted by atomic mass is 10.0. The number of allylic oxidation sites excluding steroid dienone is 1. The van der Waals surface area contributed by atoms with Gasteiger partial charge in [-0.2, -0.15) is 0 Å². The molecule has 18 heavy (non-hydrogen) atoms. The number of aliphatic hydroxyl groups is 1. The first-order chi connectivity index (χ1) is 8.47. The molecule has 0 bridgehead atoms. The zero-order valence-electron chi connectivity index (χ0n) is 11.3. The predicted octanol–water partition coefficient (Wildman–Crippen LogP) is 3.45. The number of amides is 1. The van der Waals surface area contributed by atoms with Crippen LogP contribution in [-0.4, -0.2) is 17.6 Å². The van der Waals surface area contributed by atoms with Crippen LogP contribution < -0.4 is 4.90 Å². The Morgan fingerprint density at radius 2 is 2.06 bits per heavy atom. The fourth-order valence-corrected chi connectivity index (χ4v) is 2.02. The number of aryl methyl sites for hydroxylation is 1. The van der Waals surface area contributed by atoms with Gasteiger partial charge in [-0.25, -0.2) is 0 Å². The van der Waals surface area contributed by atoms with Crippen molar-refractivity contribution >= 4 is 11.6 Å². The fourth-order valence-electron chi connectivity index (χ4n) is 2.02. The summed E-state index contributed by atoms with van der Waals surface area (Å²) in [6, 6.07) is 7.81. The monoisotopic (exact) mass is 247 g/mol. The number of carbonyl (C=O) groups excluding carboxylic acids is 1. The van der Waals surface area contributed by atoms with Gasteiger partial charge in [0, 0.05) is 24.6 Å². The quantitative estimate of drug-likeness (QED) is 0.810. The van der Waals surface area contributed by atoms with Crippen LogP contribution in [0.15, 0.2) is 36.6 Å². The second-order valence-corrected chi connectivity index (χ2v) is 4.54. The number of anilines is 1. The standard InChI is InChI=1S/C15H21NO2/c1-5-16(14-9-7-6-8-11(14)2)15(18)12(3)10-13(4)17/h6-9,12,17H,4-5,10H2,1-3H3. The van der Waals surface area contributed by atoms with E-state index in [2.05, 4.69) is 6.58 Å². The molecular formula is C15H21NO2.